The van der Waals surface area contributed by atoms with E-state index in [1.54, 1.807) is 12.4 Å². The van der Waals surface area contributed by atoms with Gasteiger partial charge in [-0.2, -0.15) is 0 Å². The Bertz CT molecular complexity index is 1230. The van der Waals surface area contributed by atoms with E-state index in [1.807, 2.05) is 72.8 Å². The molecule has 3 aromatic carbocycles. The molecule has 12 nitrogen and oxygen atoms in total. The van der Waals surface area contributed by atoms with Gasteiger partial charge in [-0.3, -0.25) is 0 Å². The standard InChI is InChI=1S/C38H46N2O10/c1-7-34-8-2-31(1)32-3-9-35(10-4-32)48-26-22-44-18-15-42-16-20-46-24-28-50-37-29-39-38(40-30-37)33-5-11-36(12-6-33)49-27-23-45-19-14-41-13-17-43-21-25-47-34/h1-12,29-30H,13-28H2. The first-order valence-electron chi connectivity index (χ1n) is 16.9. The molecular weight excluding hydrogens is 644 g/mol. The molecule has 8 bridgehead atoms. The summed E-state index contributed by atoms with van der Waals surface area (Å²) in [6.45, 7) is 7.41. The van der Waals surface area contributed by atoms with Gasteiger partial charge in [0.1, 0.15) is 43.7 Å². The fraction of sp³-hybridized carbons (Fsp3) is 0.421. The zero-order chi connectivity index (χ0) is 34.3. The van der Waals surface area contributed by atoms with Gasteiger partial charge in [-0.15, -0.1) is 0 Å². The molecule has 1 aromatic heterocycles. The van der Waals surface area contributed by atoms with Crippen molar-refractivity contribution in [2.45, 2.75) is 0 Å². The summed E-state index contributed by atoms with van der Waals surface area (Å²) in [6.07, 6.45) is 3.30. The van der Waals surface area contributed by atoms with E-state index in [-0.39, 0.29) is 0 Å². The minimum Gasteiger partial charge on any atom is -0.491 e. The molecule has 0 fully saturated rings. The molecule has 0 aliphatic carbocycles. The summed E-state index contributed by atoms with van der Waals surface area (Å²) < 4.78 is 56.6. The predicted octanol–water partition coefficient (Wildman–Crippen LogP) is 5.14. The molecule has 0 saturated heterocycles. The van der Waals surface area contributed by atoms with Gasteiger partial charge in [0.05, 0.1) is 91.7 Å². The van der Waals surface area contributed by atoms with Crippen molar-refractivity contribution in [3.05, 3.63) is 85.2 Å². The molecule has 268 valence electrons. The summed E-state index contributed by atoms with van der Waals surface area (Å²) in [5.41, 5.74) is 3.06. The first-order chi connectivity index (χ1) is 24.8. The third kappa shape index (κ3) is 13.9. The summed E-state index contributed by atoms with van der Waals surface area (Å²) in [7, 11) is 0. The molecule has 4 aromatic rings. The molecule has 0 atom stereocenters. The van der Waals surface area contributed by atoms with Gasteiger partial charge < -0.3 is 47.4 Å². The van der Waals surface area contributed by atoms with Crippen LogP contribution in [0.5, 0.6) is 23.0 Å². The lowest BCUT2D eigenvalue weighted by molar-refractivity contribution is 0.00496. The Kier molecular flexibility index (Phi) is 16.6. The van der Waals surface area contributed by atoms with Crippen LogP contribution in [0, 0.1) is 0 Å². The Morgan fingerprint density at radius 3 is 0.860 bits per heavy atom. The van der Waals surface area contributed by atoms with Crippen LogP contribution in [0.3, 0.4) is 0 Å². The highest BCUT2D eigenvalue weighted by molar-refractivity contribution is 5.65. The van der Waals surface area contributed by atoms with Gasteiger partial charge in [-0.25, -0.2) is 9.97 Å². The Morgan fingerprint density at radius 1 is 0.280 bits per heavy atom. The Morgan fingerprint density at radius 2 is 0.540 bits per heavy atom. The van der Waals surface area contributed by atoms with Crippen molar-refractivity contribution in [2.75, 3.05) is 106 Å². The highest BCUT2D eigenvalue weighted by atomic mass is 16.6. The zero-order valence-corrected chi connectivity index (χ0v) is 28.4. The fourth-order valence-corrected chi connectivity index (χ4v) is 4.68. The second-order valence-corrected chi connectivity index (χ2v) is 10.9. The third-order valence-electron chi connectivity index (χ3n) is 7.26. The summed E-state index contributed by atoms with van der Waals surface area (Å²) in [5, 5.41) is 0. The van der Waals surface area contributed by atoms with Crippen LogP contribution in [-0.2, 0) is 28.4 Å². The molecule has 10 aliphatic heterocycles. The molecular formula is C38H46N2O10. The van der Waals surface area contributed by atoms with E-state index in [0.717, 1.165) is 33.9 Å². The van der Waals surface area contributed by atoms with Crippen molar-refractivity contribution >= 4 is 0 Å². The smallest absolute Gasteiger partial charge is 0.159 e. The van der Waals surface area contributed by atoms with Gasteiger partial charge in [0.2, 0.25) is 0 Å². The molecule has 11 heterocycles. The second kappa shape index (κ2) is 22.4. The van der Waals surface area contributed by atoms with Crippen molar-refractivity contribution in [3.63, 3.8) is 0 Å². The summed E-state index contributed by atoms with van der Waals surface area (Å²) in [5.74, 6) is 3.50. The third-order valence-corrected chi connectivity index (χ3v) is 7.26. The molecule has 0 spiro atoms. The number of nitrogens with zero attached hydrogens (tertiary/aromatic N) is 2. The van der Waals surface area contributed by atoms with E-state index in [0.29, 0.717) is 117 Å². The SMILES string of the molecule is c1cc2ccc1OCCOCCOCCOCCOc1ccc(cc1)-c1ncc(cn1)OCCOCCOCCOCCOc1ccc-2cc1. The normalized spacial score (nSPS) is 17.3. The monoisotopic (exact) mass is 690 g/mol. The van der Waals surface area contributed by atoms with Crippen molar-refractivity contribution in [1.82, 2.24) is 9.97 Å². The van der Waals surface area contributed by atoms with Crippen LogP contribution in [0.2, 0.25) is 0 Å². The van der Waals surface area contributed by atoms with Crippen molar-refractivity contribution in [3.8, 4) is 45.5 Å². The minimum absolute atomic E-state index is 0.384. The molecule has 0 radical (unpaired) electrons. The molecule has 50 heavy (non-hydrogen) atoms. The van der Waals surface area contributed by atoms with Crippen LogP contribution in [0.25, 0.3) is 22.5 Å². The van der Waals surface area contributed by atoms with E-state index < -0.39 is 0 Å². The number of hydrogen-bond donors (Lipinski definition) is 0. The Balaban J connectivity index is 1.02. The number of aromatic nitrogens is 2. The van der Waals surface area contributed by atoms with Gasteiger partial charge in [-0.1, -0.05) is 24.3 Å². The number of rotatable bonds is 0. The summed E-state index contributed by atoms with van der Waals surface area (Å²) in [6, 6.07) is 23.6. The van der Waals surface area contributed by atoms with Crippen LogP contribution >= 0.6 is 0 Å². The maximum Gasteiger partial charge on any atom is 0.159 e. The molecule has 0 saturated carbocycles. The van der Waals surface area contributed by atoms with E-state index in [2.05, 4.69) is 9.97 Å². The summed E-state index contributed by atoms with van der Waals surface area (Å²) >= 11 is 0. The van der Waals surface area contributed by atoms with Crippen LogP contribution in [0.4, 0.5) is 0 Å². The molecule has 14 rings (SSSR count). The Hall–Kier alpha value is -4.30. The first kappa shape index (κ1) is 37.0. The van der Waals surface area contributed by atoms with Crippen molar-refractivity contribution in [1.29, 1.82) is 0 Å². The highest BCUT2D eigenvalue weighted by Gasteiger charge is 2.05. The molecule has 12 heteroatoms. The Labute approximate surface area is 293 Å². The second-order valence-electron chi connectivity index (χ2n) is 10.9. The molecule has 0 amide bonds. The van der Waals surface area contributed by atoms with E-state index in [4.69, 9.17) is 47.4 Å². The average molecular weight is 691 g/mol. The zero-order valence-electron chi connectivity index (χ0n) is 28.4. The lowest BCUT2D eigenvalue weighted by atomic mass is 10.1. The topological polar surface area (TPSA) is 118 Å². The lowest BCUT2D eigenvalue weighted by Gasteiger charge is -2.10. The van der Waals surface area contributed by atoms with Crippen LogP contribution in [0.1, 0.15) is 0 Å². The van der Waals surface area contributed by atoms with E-state index in [9.17, 15) is 0 Å². The maximum atomic E-state index is 5.81. The van der Waals surface area contributed by atoms with Gasteiger partial charge in [0, 0.05) is 5.56 Å². The fourth-order valence-electron chi connectivity index (χ4n) is 4.68. The predicted molar refractivity (Wildman–Crippen MR) is 186 cm³/mol. The highest BCUT2D eigenvalue weighted by Crippen LogP contribution is 2.25. The van der Waals surface area contributed by atoms with Crippen LogP contribution < -0.4 is 18.9 Å². The molecule has 10 aliphatic rings. The number of hydrogen-bond acceptors (Lipinski definition) is 12. The van der Waals surface area contributed by atoms with Crippen molar-refractivity contribution in [2.24, 2.45) is 0 Å². The number of ether oxygens (including phenoxy) is 10. The molecule has 0 unspecified atom stereocenters. The van der Waals surface area contributed by atoms with Gasteiger partial charge in [0.25, 0.3) is 0 Å². The van der Waals surface area contributed by atoms with Gasteiger partial charge in [-0.05, 0) is 59.7 Å². The van der Waals surface area contributed by atoms with Crippen LogP contribution in [-0.4, -0.2) is 116 Å². The lowest BCUT2D eigenvalue weighted by Crippen LogP contribution is -2.14. The minimum atomic E-state index is 0.384. The largest absolute Gasteiger partial charge is 0.491 e. The van der Waals surface area contributed by atoms with E-state index >= 15 is 0 Å². The molecule has 0 N–H and O–H groups in total. The van der Waals surface area contributed by atoms with Gasteiger partial charge >= 0.3 is 0 Å². The average Bonchev–Trinajstić information content (AvgIpc) is 3.16. The number of benzene rings is 3. The summed E-state index contributed by atoms with van der Waals surface area (Å²) in [4.78, 5) is 8.83. The van der Waals surface area contributed by atoms with E-state index in [1.165, 1.54) is 0 Å². The maximum absolute atomic E-state index is 5.81. The van der Waals surface area contributed by atoms with Gasteiger partial charge in [0.15, 0.2) is 11.6 Å². The van der Waals surface area contributed by atoms with Crippen molar-refractivity contribution < 1.29 is 47.4 Å². The quantitative estimate of drug-likeness (QED) is 0.243. The first-order valence-corrected chi connectivity index (χ1v) is 16.9. The van der Waals surface area contributed by atoms with Crippen LogP contribution in [0.15, 0.2) is 85.2 Å².